The topological polar surface area (TPSA) is 49.5 Å². The zero-order chi connectivity index (χ0) is 12.4. The zero-order valence-corrected chi connectivity index (χ0v) is 10.6. The van der Waals surface area contributed by atoms with Gasteiger partial charge in [-0.2, -0.15) is 0 Å². The minimum absolute atomic E-state index is 0.0462. The lowest BCUT2D eigenvalue weighted by molar-refractivity contribution is -0.00610. The first-order chi connectivity index (χ1) is 8.11. The summed E-state index contributed by atoms with van der Waals surface area (Å²) in [5, 5.41) is 10.3. The predicted molar refractivity (Wildman–Crippen MR) is 70.7 cm³/mol. The van der Waals surface area contributed by atoms with Gasteiger partial charge in [-0.25, -0.2) is 0 Å². The molecule has 1 saturated heterocycles. The Morgan fingerprint density at radius 2 is 2.06 bits per heavy atom. The first-order valence-electron chi connectivity index (χ1n) is 6.39. The third-order valence-corrected chi connectivity index (χ3v) is 3.62. The molecule has 1 aromatic carbocycles. The molecule has 0 saturated carbocycles. The molecule has 1 heterocycles. The average molecular weight is 234 g/mol. The Hall–Kier alpha value is -1.06. The minimum Gasteiger partial charge on any atom is -0.398 e. The number of hydrogen-bond acceptors (Lipinski definition) is 3. The van der Waals surface area contributed by atoms with E-state index in [0.717, 1.165) is 30.6 Å². The average Bonchev–Trinajstić information content (AvgIpc) is 2.30. The van der Waals surface area contributed by atoms with E-state index in [1.165, 1.54) is 0 Å². The highest BCUT2D eigenvalue weighted by Crippen LogP contribution is 2.35. The molecule has 3 heteroatoms. The van der Waals surface area contributed by atoms with Crippen LogP contribution in [0.25, 0.3) is 0 Å². The highest BCUT2D eigenvalue weighted by molar-refractivity contribution is 5.48. The van der Waals surface area contributed by atoms with Gasteiger partial charge in [0.25, 0.3) is 0 Å². The maximum atomic E-state index is 10.3. The molecule has 0 radical (unpaired) electrons. The standard InChI is InChI=1S/C14H22N2O/c1-10(2)16-9-5-8-13(17)14(16)11-6-3-4-7-12(11)15/h3-4,6-7,10,13-14,17H,5,8-9,15H2,1-2H3. The van der Waals surface area contributed by atoms with Crippen LogP contribution in [0.2, 0.25) is 0 Å². The molecule has 1 aliphatic rings. The molecule has 2 unspecified atom stereocenters. The van der Waals surface area contributed by atoms with Crippen LogP contribution in [0.1, 0.15) is 38.3 Å². The van der Waals surface area contributed by atoms with Crippen LogP contribution < -0.4 is 5.73 Å². The Balaban J connectivity index is 2.35. The second kappa shape index (κ2) is 5.07. The molecule has 0 aliphatic carbocycles. The Bertz CT molecular complexity index is 378. The van der Waals surface area contributed by atoms with Crippen molar-refractivity contribution in [2.45, 2.75) is 44.9 Å². The molecule has 3 N–H and O–H groups in total. The lowest BCUT2D eigenvalue weighted by Gasteiger charge is -2.42. The summed E-state index contributed by atoms with van der Waals surface area (Å²) in [5.74, 6) is 0. The Kier molecular flexibility index (Phi) is 3.69. The van der Waals surface area contributed by atoms with Gasteiger partial charge in [0.05, 0.1) is 12.1 Å². The fraction of sp³-hybridized carbons (Fsp3) is 0.571. The summed E-state index contributed by atoms with van der Waals surface area (Å²) in [5.41, 5.74) is 7.88. The molecule has 1 fully saturated rings. The fourth-order valence-electron chi connectivity index (χ4n) is 2.75. The van der Waals surface area contributed by atoms with Crippen LogP contribution in [0.15, 0.2) is 24.3 Å². The number of rotatable bonds is 2. The molecule has 0 bridgehead atoms. The monoisotopic (exact) mass is 234 g/mol. The van der Waals surface area contributed by atoms with Crippen molar-refractivity contribution < 1.29 is 5.11 Å². The van der Waals surface area contributed by atoms with Crippen LogP contribution in [0.3, 0.4) is 0 Å². The number of hydrogen-bond donors (Lipinski definition) is 2. The maximum Gasteiger partial charge on any atom is 0.0738 e. The summed E-state index contributed by atoms with van der Waals surface area (Å²) in [6.45, 7) is 5.38. The molecule has 0 aromatic heterocycles. The van der Waals surface area contributed by atoms with Crippen molar-refractivity contribution in [1.82, 2.24) is 4.90 Å². The van der Waals surface area contributed by atoms with E-state index in [1.54, 1.807) is 0 Å². The molecule has 1 aromatic rings. The van der Waals surface area contributed by atoms with E-state index in [4.69, 9.17) is 5.73 Å². The van der Waals surface area contributed by atoms with Crippen molar-refractivity contribution in [2.24, 2.45) is 0 Å². The number of nitrogens with zero attached hydrogens (tertiary/aromatic N) is 1. The number of anilines is 1. The number of aliphatic hydroxyl groups is 1. The normalized spacial score (nSPS) is 26.4. The third-order valence-electron chi connectivity index (χ3n) is 3.62. The number of piperidine rings is 1. The van der Waals surface area contributed by atoms with Crippen molar-refractivity contribution in [3.05, 3.63) is 29.8 Å². The largest absolute Gasteiger partial charge is 0.398 e. The van der Waals surface area contributed by atoms with Crippen LogP contribution in [-0.2, 0) is 0 Å². The second-order valence-corrected chi connectivity index (χ2v) is 5.11. The van der Waals surface area contributed by atoms with Crippen LogP contribution in [-0.4, -0.2) is 28.7 Å². The maximum absolute atomic E-state index is 10.3. The van der Waals surface area contributed by atoms with Gasteiger partial charge in [-0.05, 0) is 44.9 Å². The van der Waals surface area contributed by atoms with Crippen LogP contribution in [0.4, 0.5) is 5.69 Å². The number of nitrogen functional groups attached to an aromatic ring is 1. The summed E-state index contributed by atoms with van der Waals surface area (Å²) in [6.07, 6.45) is 1.61. The molecule has 0 amide bonds. The van der Waals surface area contributed by atoms with Gasteiger partial charge in [-0.3, -0.25) is 4.90 Å². The van der Waals surface area contributed by atoms with Gasteiger partial charge in [0.1, 0.15) is 0 Å². The number of benzene rings is 1. The van der Waals surface area contributed by atoms with E-state index < -0.39 is 0 Å². The number of likely N-dealkylation sites (tertiary alicyclic amines) is 1. The van der Waals surface area contributed by atoms with E-state index >= 15 is 0 Å². The molecule has 0 spiro atoms. The lowest BCUT2D eigenvalue weighted by Crippen LogP contribution is -2.45. The SMILES string of the molecule is CC(C)N1CCCC(O)C1c1ccccc1N. The summed E-state index contributed by atoms with van der Waals surface area (Å²) in [7, 11) is 0. The number of para-hydroxylation sites is 1. The lowest BCUT2D eigenvalue weighted by atomic mass is 9.90. The van der Waals surface area contributed by atoms with E-state index in [1.807, 2.05) is 24.3 Å². The van der Waals surface area contributed by atoms with E-state index in [0.29, 0.717) is 6.04 Å². The molecular formula is C14H22N2O. The summed E-state index contributed by atoms with van der Waals surface area (Å²) < 4.78 is 0. The zero-order valence-electron chi connectivity index (χ0n) is 10.6. The summed E-state index contributed by atoms with van der Waals surface area (Å²) >= 11 is 0. The van der Waals surface area contributed by atoms with Crippen LogP contribution in [0.5, 0.6) is 0 Å². The smallest absolute Gasteiger partial charge is 0.0738 e. The molecule has 2 atom stereocenters. The number of aliphatic hydroxyl groups excluding tert-OH is 1. The Morgan fingerprint density at radius 1 is 1.35 bits per heavy atom. The number of nitrogens with two attached hydrogens (primary N) is 1. The summed E-state index contributed by atoms with van der Waals surface area (Å²) in [6, 6.07) is 8.35. The highest BCUT2D eigenvalue weighted by Gasteiger charge is 2.33. The van der Waals surface area contributed by atoms with Gasteiger partial charge < -0.3 is 10.8 Å². The predicted octanol–water partition coefficient (Wildman–Crippen LogP) is 2.17. The van der Waals surface area contributed by atoms with Gasteiger partial charge >= 0.3 is 0 Å². The van der Waals surface area contributed by atoms with Gasteiger partial charge in [0.15, 0.2) is 0 Å². The van der Waals surface area contributed by atoms with E-state index in [9.17, 15) is 5.11 Å². The molecule has 1 aliphatic heterocycles. The molecular weight excluding hydrogens is 212 g/mol. The van der Waals surface area contributed by atoms with Crippen molar-refractivity contribution in [3.63, 3.8) is 0 Å². The minimum atomic E-state index is -0.309. The van der Waals surface area contributed by atoms with Crippen LogP contribution in [0, 0.1) is 0 Å². The Morgan fingerprint density at radius 3 is 2.71 bits per heavy atom. The quantitative estimate of drug-likeness (QED) is 0.771. The third kappa shape index (κ3) is 2.45. The van der Waals surface area contributed by atoms with Crippen molar-refractivity contribution in [3.8, 4) is 0 Å². The molecule has 3 nitrogen and oxygen atoms in total. The van der Waals surface area contributed by atoms with Crippen molar-refractivity contribution in [2.75, 3.05) is 12.3 Å². The van der Waals surface area contributed by atoms with Gasteiger partial charge in [0, 0.05) is 11.7 Å². The van der Waals surface area contributed by atoms with Crippen LogP contribution >= 0.6 is 0 Å². The highest BCUT2D eigenvalue weighted by atomic mass is 16.3. The van der Waals surface area contributed by atoms with Gasteiger partial charge in [-0.1, -0.05) is 18.2 Å². The van der Waals surface area contributed by atoms with Crippen molar-refractivity contribution >= 4 is 5.69 Å². The van der Waals surface area contributed by atoms with E-state index in [2.05, 4.69) is 18.7 Å². The van der Waals surface area contributed by atoms with E-state index in [-0.39, 0.29) is 12.1 Å². The van der Waals surface area contributed by atoms with Gasteiger partial charge in [-0.15, -0.1) is 0 Å². The second-order valence-electron chi connectivity index (χ2n) is 5.11. The molecule has 2 rings (SSSR count). The summed E-state index contributed by atoms with van der Waals surface area (Å²) in [4.78, 5) is 2.35. The first-order valence-corrected chi connectivity index (χ1v) is 6.39. The molecule has 94 valence electrons. The van der Waals surface area contributed by atoms with Crippen molar-refractivity contribution in [1.29, 1.82) is 0 Å². The fourth-order valence-corrected chi connectivity index (χ4v) is 2.75. The molecule has 17 heavy (non-hydrogen) atoms. The Labute approximate surface area is 103 Å². The van der Waals surface area contributed by atoms with Gasteiger partial charge in [0.2, 0.25) is 0 Å². The first kappa shape index (κ1) is 12.4.